The van der Waals surface area contributed by atoms with Gasteiger partial charge in [0.15, 0.2) is 0 Å². The summed E-state index contributed by atoms with van der Waals surface area (Å²) in [5.41, 5.74) is 0. The second kappa shape index (κ2) is 4.34. The minimum atomic E-state index is 0.587. The van der Waals surface area contributed by atoms with Crippen LogP contribution in [0, 0.1) is 10.8 Å². The first kappa shape index (κ1) is 5.34. The largest absolute Gasteiger partial charge is 0.313 e. The highest BCUT2D eigenvalue weighted by molar-refractivity contribution is 5.61. The number of hydrogen-bond donors (Lipinski definition) is 2. The van der Waals surface area contributed by atoms with E-state index in [1.165, 1.54) is 6.21 Å². The molecule has 0 heterocycles. The summed E-state index contributed by atoms with van der Waals surface area (Å²) in [6.07, 6.45) is 4.69. The molecule has 0 aromatic rings. The molecule has 6 heavy (non-hydrogen) atoms. The van der Waals surface area contributed by atoms with E-state index in [-0.39, 0.29) is 0 Å². The van der Waals surface area contributed by atoms with Crippen LogP contribution in [0.25, 0.3) is 0 Å². The van der Waals surface area contributed by atoms with E-state index in [1.807, 2.05) is 0 Å². The molecule has 0 saturated heterocycles. The molecule has 0 atom stereocenters. The second-order valence-electron chi connectivity index (χ2n) is 0.920. The molecule has 0 aliphatic heterocycles. The fraction of sp³-hybridized carbons (Fsp3) is 0.500. The normalized spacial score (nSPS) is 7.33. The Balaban J connectivity index is 2.66. The van der Waals surface area contributed by atoms with E-state index in [0.29, 0.717) is 12.8 Å². The van der Waals surface area contributed by atoms with E-state index >= 15 is 0 Å². The van der Waals surface area contributed by atoms with Gasteiger partial charge in [0.05, 0.1) is 6.21 Å². The third-order valence-corrected chi connectivity index (χ3v) is 0.414. The van der Waals surface area contributed by atoms with Crippen LogP contribution in [0.4, 0.5) is 0 Å². The Labute approximate surface area is 37.2 Å². The third kappa shape index (κ3) is 3.34. The molecule has 0 aromatic carbocycles. The first-order valence-electron chi connectivity index (χ1n) is 1.80. The van der Waals surface area contributed by atoms with Gasteiger partial charge < -0.3 is 10.8 Å². The number of rotatable bonds is 3. The molecule has 0 aromatic heterocycles. The summed E-state index contributed by atoms with van der Waals surface area (Å²) < 4.78 is 0. The van der Waals surface area contributed by atoms with E-state index in [4.69, 9.17) is 10.8 Å². The van der Waals surface area contributed by atoms with Gasteiger partial charge in [-0.2, -0.15) is 0 Å². The van der Waals surface area contributed by atoms with Crippen LogP contribution in [-0.2, 0) is 0 Å². The van der Waals surface area contributed by atoms with Gasteiger partial charge >= 0.3 is 0 Å². The molecular weight excluding hydrogens is 76.1 g/mol. The quantitative estimate of drug-likeness (QED) is 0.377. The maximum atomic E-state index is 6.46. The van der Waals surface area contributed by atoms with Crippen LogP contribution in [0.5, 0.6) is 0 Å². The predicted molar refractivity (Wildman–Crippen MR) is 25.7 cm³/mol. The van der Waals surface area contributed by atoms with Crippen molar-refractivity contribution in [1.82, 2.24) is 0 Å². The lowest BCUT2D eigenvalue weighted by Gasteiger charge is -1.72. The molecule has 0 saturated carbocycles. The zero-order valence-corrected chi connectivity index (χ0v) is 3.49. The van der Waals surface area contributed by atoms with Crippen molar-refractivity contribution in [3.8, 4) is 0 Å². The molecule has 1 radical (unpaired) electrons. The Morgan fingerprint density at radius 1 is 1.67 bits per heavy atom. The molecule has 0 aliphatic carbocycles. The lowest BCUT2D eigenvalue weighted by molar-refractivity contribution is 1.17. The monoisotopic (exact) mass is 83.1 g/mol. The van der Waals surface area contributed by atoms with E-state index in [1.54, 1.807) is 0 Å². The summed E-state index contributed by atoms with van der Waals surface area (Å²) in [7, 11) is 0. The van der Waals surface area contributed by atoms with Gasteiger partial charge in [0.2, 0.25) is 0 Å². The highest BCUT2D eigenvalue weighted by Crippen LogP contribution is 1.73. The smallest absolute Gasteiger partial charge is 0.0525 e. The molecule has 0 aliphatic rings. The van der Waals surface area contributed by atoms with Crippen molar-refractivity contribution in [3.05, 3.63) is 0 Å². The molecule has 0 rings (SSSR count). The van der Waals surface area contributed by atoms with Gasteiger partial charge in [0.1, 0.15) is 0 Å². The van der Waals surface area contributed by atoms with Crippen LogP contribution in [-0.4, -0.2) is 12.4 Å². The SMILES string of the molecule is N=[C]CCC=N. The number of nitrogens with one attached hydrogen (secondary N) is 2. The Hall–Kier alpha value is -0.660. The van der Waals surface area contributed by atoms with Crippen molar-refractivity contribution in [3.63, 3.8) is 0 Å². The fourth-order valence-corrected chi connectivity index (χ4v) is 0.144. The maximum Gasteiger partial charge on any atom is 0.0525 e. The number of unbranched alkanes of at least 4 members (excludes halogenated alkanes) is 1. The van der Waals surface area contributed by atoms with Crippen molar-refractivity contribution < 1.29 is 0 Å². The summed E-state index contributed by atoms with van der Waals surface area (Å²) in [5.74, 6) is 0. The molecule has 0 fully saturated rings. The molecule has 2 N–H and O–H groups in total. The van der Waals surface area contributed by atoms with E-state index in [2.05, 4.69) is 6.21 Å². The topological polar surface area (TPSA) is 47.7 Å². The highest BCUT2D eigenvalue weighted by Gasteiger charge is 1.70. The van der Waals surface area contributed by atoms with E-state index in [0.717, 1.165) is 0 Å². The van der Waals surface area contributed by atoms with Crippen LogP contribution in [0.15, 0.2) is 0 Å². The predicted octanol–water partition coefficient (Wildman–Crippen LogP) is 0.943. The standard InChI is InChI=1S/C4H7N2/c5-3-1-2-4-6/h3,5-6H,1-2H2. The third-order valence-electron chi connectivity index (χ3n) is 0.414. The van der Waals surface area contributed by atoms with Gasteiger partial charge in [-0.1, -0.05) is 0 Å². The first-order valence-corrected chi connectivity index (χ1v) is 1.80. The number of hydrogen-bond acceptors (Lipinski definition) is 2. The molecule has 2 nitrogen and oxygen atoms in total. The molecule has 0 unspecified atom stereocenters. The Kier molecular flexibility index (Phi) is 3.86. The summed E-state index contributed by atoms with van der Waals surface area (Å²) in [6, 6.07) is 0. The maximum absolute atomic E-state index is 6.46. The van der Waals surface area contributed by atoms with Gasteiger partial charge in [0, 0.05) is 0 Å². The fourth-order valence-electron chi connectivity index (χ4n) is 0.144. The molecule has 0 amide bonds. The zero-order chi connectivity index (χ0) is 4.83. The van der Waals surface area contributed by atoms with Crippen LogP contribution >= 0.6 is 0 Å². The minimum absolute atomic E-state index is 0.587. The van der Waals surface area contributed by atoms with Crippen LogP contribution < -0.4 is 0 Å². The summed E-state index contributed by atoms with van der Waals surface area (Å²) in [5, 5.41) is 12.8. The summed E-state index contributed by atoms with van der Waals surface area (Å²) in [6.45, 7) is 0. The van der Waals surface area contributed by atoms with Crippen molar-refractivity contribution in [1.29, 1.82) is 10.8 Å². The van der Waals surface area contributed by atoms with E-state index in [9.17, 15) is 0 Å². The second-order valence-corrected chi connectivity index (χ2v) is 0.920. The molecule has 2 heteroatoms. The van der Waals surface area contributed by atoms with Crippen molar-refractivity contribution in [2.75, 3.05) is 0 Å². The lowest BCUT2D eigenvalue weighted by atomic mass is 10.4. The first-order chi connectivity index (χ1) is 2.91. The van der Waals surface area contributed by atoms with Gasteiger partial charge in [-0.3, -0.25) is 0 Å². The molecule has 33 valence electrons. The summed E-state index contributed by atoms with van der Waals surface area (Å²) in [4.78, 5) is 0. The Bertz CT molecular complexity index is 41.5. The summed E-state index contributed by atoms with van der Waals surface area (Å²) >= 11 is 0. The van der Waals surface area contributed by atoms with Gasteiger partial charge in [-0.25, -0.2) is 0 Å². The molecular formula is C4H7N2. The Morgan fingerprint density at radius 3 is 2.50 bits per heavy atom. The lowest BCUT2D eigenvalue weighted by Crippen LogP contribution is -1.72. The zero-order valence-electron chi connectivity index (χ0n) is 3.49. The van der Waals surface area contributed by atoms with Gasteiger partial charge in [0.25, 0.3) is 0 Å². The van der Waals surface area contributed by atoms with Gasteiger partial charge in [-0.15, -0.1) is 0 Å². The van der Waals surface area contributed by atoms with Crippen molar-refractivity contribution in [2.24, 2.45) is 0 Å². The van der Waals surface area contributed by atoms with Crippen molar-refractivity contribution >= 4 is 12.4 Å². The average Bonchev–Trinajstić information content (AvgIpc) is 1.61. The average molecular weight is 83.1 g/mol. The van der Waals surface area contributed by atoms with Crippen LogP contribution in [0.2, 0.25) is 0 Å². The van der Waals surface area contributed by atoms with Gasteiger partial charge in [-0.05, 0) is 19.1 Å². The van der Waals surface area contributed by atoms with Crippen molar-refractivity contribution in [2.45, 2.75) is 12.8 Å². The van der Waals surface area contributed by atoms with Crippen LogP contribution in [0.1, 0.15) is 12.8 Å². The highest BCUT2D eigenvalue weighted by atomic mass is 14.3. The van der Waals surface area contributed by atoms with E-state index < -0.39 is 0 Å². The van der Waals surface area contributed by atoms with Crippen LogP contribution in [0.3, 0.4) is 0 Å². The minimum Gasteiger partial charge on any atom is -0.313 e. The molecule has 0 bridgehead atoms. The Morgan fingerprint density at radius 2 is 2.33 bits per heavy atom. The molecule has 0 spiro atoms.